The Hall–Kier alpha value is -4.45. The molecule has 3 aromatic carbocycles. The Bertz CT molecular complexity index is 1700. The molecule has 264 valence electrons. The molecule has 0 spiro atoms. The second-order valence-corrected chi connectivity index (χ2v) is 12.2. The maximum absolute atomic E-state index is 13.3. The maximum atomic E-state index is 13.3. The maximum Gasteiger partial charge on any atom is 0.422 e. The molecule has 1 N–H and O–H groups in total. The second kappa shape index (κ2) is 16.3. The van der Waals surface area contributed by atoms with Crippen molar-refractivity contribution in [1.82, 2.24) is 20.0 Å². The normalized spacial score (nSPS) is 15.1. The van der Waals surface area contributed by atoms with Crippen LogP contribution < -0.4 is 10.1 Å². The van der Waals surface area contributed by atoms with Gasteiger partial charge >= 0.3 is 6.18 Å². The van der Waals surface area contributed by atoms with Crippen molar-refractivity contribution in [1.29, 1.82) is 0 Å². The lowest BCUT2D eigenvalue weighted by Gasteiger charge is -2.32. The van der Waals surface area contributed by atoms with Gasteiger partial charge in [0.1, 0.15) is 11.6 Å². The molecule has 49 heavy (non-hydrogen) atoms. The monoisotopic (exact) mass is 684 g/mol. The van der Waals surface area contributed by atoms with Crippen LogP contribution in [0.1, 0.15) is 61.7 Å². The average Bonchev–Trinajstić information content (AvgIpc) is 3.84. The van der Waals surface area contributed by atoms with Gasteiger partial charge in [-0.25, -0.2) is 4.39 Å². The van der Waals surface area contributed by atoms with Crippen LogP contribution in [0.25, 0.3) is 22.0 Å². The first-order chi connectivity index (χ1) is 23.6. The lowest BCUT2D eigenvalue weighted by atomic mass is 9.96. The molecule has 1 saturated carbocycles. The van der Waals surface area contributed by atoms with E-state index < -0.39 is 18.7 Å². The molecule has 1 aliphatic heterocycles. The van der Waals surface area contributed by atoms with Gasteiger partial charge in [-0.3, -0.25) is 14.3 Å². The summed E-state index contributed by atoms with van der Waals surface area (Å²) < 4.78 is 65.1. The minimum Gasteiger partial charge on any atom is -0.483 e. The van der Waals surface area contributed by atoms with Crippen molar-refractivity contribution in [3.63, 3.8) is 0 Å². The Kier molecular flexibility index (Phi) is 11.9. The van der Waals surface area contributed by atoms with Crippen LogP contribution in [0.15, 0.2) is 66.9 Å². The molecule has 1 aliphatic carbocycles. The second-order valence-electron chi connectivity index (χ2n) is 12.2. The van der Waals surface area contributed by atoms with Gasteiger partial charge in [0.15, 0.2) is 6.61 Å². The Morgan fingerprint density at radius 3 is 2.20 bits per heavy atom. The Morgan fingerprint density at radius 1 is 0.918 bits per heavy atom. The van der Waals surface area contributed by atoms with E-state index >= 15 is 0 Å². The third kappa shape index (κ3) is 9.81. The molecule has 1 saturated heterocycles. The van der Waals surface area contributed by atoms with E-state index in [1.54, 1.807) is 41.2 Å². The van der Waals surface area contributed by atoms with Crippen LogP contribution in [-0.2, 0) is 11.3 Å². The number of amides is 2. The fraction of sp³-hybridized carbons (Fsp3) is 0.432. The molecule has 0 bridgehead atoms. The molecule has 2 fully saturated rings. The van der Waals surface area contributed by atoms with Crippen LogP contribution in [0.5, 0.6) is 5.75 Å². The quantitative estimate of drug-likeness (QED) is 0.122. The number of fused-ring (bicyclic) bond motifs is 1. The standard InChI is InChI=1S/C35H36F4N4O4.C2H6.H2/c36-28-9-7-26(8-10-28)25-3-5-27(6-4-25)34(45)42-16-13-23(14-17-42)19-43-20-30-31(41-43)12-11-29(32(30)47-22-35(37,38)39)33(44)40-15-18-46-21-24-1-2-24;1-2;/h3-12,20,23-24H,1-2,13-19,21-22H2,(H,40,44);1-2H3;1H. The summed E-state index contributed by atoms with van der Waals surface area (Å²) in [4.78, 5) is 27.9. The molecule has 6 rings (SSSR count). The molecule has 8 nitrogen and oxygen atoms in total. The minimum atomic E-state index is -4.58. The van der Waals surface area contributed by atoms with E-state index in [2.05, 4.69) is 10.4 Å². The molecule has 4 aromatic rings. The fourth-order valence-electron chi connectivity index (χ4n) is 5.78. The molecule has 2 heterocycles. The van der Waals surface area contributed by atoms with Gasteiger partial charge in [-0.05, 0) is 85.0 Å². The Balaban J connectivity index is 0.00000184. The topological polar surface area (TPSA) is 85.7 Å². The van der Waals surface area contributed by atoms with E-state index in [1.165, 1.54) is 18.2 Å². The number of piperidine rings is 1. The first-order valence-electron chi connectivity index (χ1n) is 16.8. The van der Waals surface area contributed by atoms with Gasteiger partial charge in [0, 0.05) is 46.0 Å². The average molecular weight is 685 g/mol. The van der Waals surface area contributed by atoms with Gasteiger partial charge in [0.25, 0.3) is 11.8 Å². The summed E-state index contributed by atoms with van der Waals surface area (Å²) >= 11 is 0. The van der Waals surface area contributed by atoms with Crippen LogP contribution in [-0.4, -0.2) is 72.1 Å². The third-order valence-electron chi connectivity index (χ3n) is 8.55. The van der Waals surface area contributed by atoms with Crippen molar-refractivity contribution in [3.05, 3.63) is 83.8 Å². The van der Waals surface area contributed by atoms with Crippen molar-refractivity contribution in [3.8, 4) is 16.9 Å². The highest BCUT2D eigenvalue weighted by Crippen LogP contribution is 2.32. The van der Waals surface area contributed by atoms with E-state index in [0.717, 1.165) is 36.8 Å². The van der Waals surface area contributed by atoms with Crippen molar-refractivity contribution < 1.29 is 38.1 Å². The summed E-state index contributed by atoms with van der Waals surface area (Å²) in [7, 11) is 0. The first-order valence-corrected chi connectivity index (χ1v) is 16.8. The van der Waals surface area contributed by atoms with E-state index in [0.29, 0.717) is 55.2 Å². The van der Waals surface area contributed by atoms with E-state index in [9.17, 15) is 27.2 Å². The van der Waals surface area contributed by atoms with Gasteiger partial charge in [-0.2, -0.15) is 18.3 Å². The molecule has 0 unspecified atom stereocenters. The first kappa shape index (κ1) is 35.8. The third-order valence-corrected chi connectivity index (χ3v) is 8.55. The number of hydrogen-bond donors (Lipinski definition) is 1. The number of likely N-dealkylation sites (tertiary alicyclic amines) is 1. The van der Waals surface area contributed by atoms with E-state index in [-0.39, 0.29) is 36.9 Å². The highest BCUT2D eigenvalue weighted by Gasteiger charge is 2.31. The zero-order chi connectivity index (χ0) is 35.0. The summed E-state index contributed by atoms with van der Waals surface area (Å²) in [6.45, 7) is 5.26. The number of ether oxygens (including phenoxy) is 2. The Labute approximate surface area is 284 Å². The van der Waals surface area contributed by atoms with Crippen LogP contribution in [0.4, 0.5) is 17.6 Å². The number of nitrogens with zero attached hydrogens (tertiary/aromatic N) is 3. The largest absolute Gasteiger partial charge is 0.483 e. The van der Waals surface area contributed by atoms with Crippen molar-refractivity contribution in [2.24, 2.45) is 11.8 Å². The predicted octanol–water partition coefficient (Wildman–Crippen LogP) is 7.76. The van der Waals surface area contributed by atoms with Crippen LogP contribution in [0.3, 0.4) is 0 Å². The lowest BCUT2D eigenvalue weighted by molar-refractivity contribution is -0.153. The predicted molar refractivity (Wildman–Crippen MR) is 181 cm³/mol. The van der Waals surface area contributed by atoms with Crippen molar-refractivity contribution >= 4 is 22.7 Å². The zero-order valence-corrected chi connectivity index (χ0v) is 27.8. The highest BCUT2D eigenvalue weighted by molar-refractivity contribution is 6.03. The minimum absolute atomic E-state index is 0. The van der Waals surface area contributed by atoms with Gasteiger partial charge in [0.2, 0.25) is 0 Å². The number of carbonyl (C=O) groups is 2. The number of nitrogens with one attached hydrogen (secondary N) is 1. The summed E-state index contributed by atoms with van der Waals surface area (Å²) in [6.07, 6.45) is 0.786. The zero-order valence-electron chi connectivity index (χ0n) is 27.8. The number of aromatic nitrogens is 2. The van der Waals surface area contributed by atoms with Crippen LogP contribution >= 0.6 is 0 Å². The molecule has 2 amide bonds. The van der Waals surface area contributed by atoms with Gasteiger partial charge in [-0.1, -0.05) is 38.1 Å². The number of halogens is 4. The summed E-state index contributed by atoms with van der Waals surface area (Å²) in [5.41, 5.74) is 2.75. The van der Waals surface area contributed by atoms with Crippen LogP contribution in [0, 0.1) is 17.7 Å². The van der Waals surface area contributed by atoms with Crippen molar-refractivity contribution in [2.45, 2.75) is 52.3 Å². The number of carbonyl (C=O) groups excluding carboxylic acids is 2. The summed E-state index contributed by atoms with van der Waals surface area (Å²) in [6, 6.07) is 16.5. The number of alkyl halides is 3. The summed E-state index contributed by atoms with van der Waals surface area (Å²) in [5.74, 6) is -0.305. The molecule has 0 radical (unpaired) electrons. The molecule has 0 atom stereocenters. The van der Waals surface area contributed by atoms with Crippen molar-refractivity contribution in [2.75, 3.05) is 39.5 Å². The molecule has 1 aromatic heterocycles. The fourth-order valence-corrected chi connectivity index (χ4v) is 5.78. The van der Waals surface area contributed by atoms with Gasteiger partial charge < -0.3 is 19.7 Å². The molecular weight excluding hydrogens is 640 g/mol. The number of hydrogen-bond acceptors (Lipinski definition) is 5. The Morgan fingerprint density at radius 2 is 1.57 bits per heavy atom. The number of rotatable bonds is 12. The smallest absolute Gasteiger partial charge is 0.422 e. The molecule has 12 heteroatoms. The van der Waals surface area contributed by atoms with Gasteiger partial charge in [0.05, 0.1) is 23.1 Å². The van der Waals surface area contributed by atoms with E-state index in [4.69, 9.17) is 9.47 Å². The highest BCUT2D eigenvalue weighted by atomic mass is 19.4. The molecule has 2 aliphatic rings. The van der Waals surface area contributed by atoms with E-state index in [1.807, 2.05) is 30.9 Å². The number of benzene rings is 3. The van der Waals surface area contributed by atoms with Gasteiger partial charge in [-0.15, -0.1) is 0 Å². The van der Waals surface area contributed by atoms with Crippen LogP contribution in [0.2, 0.25) is 0 Å². The molecular formula is C37H44F4N4O4. The summed E-state index contributed by atoms with van der Waals surface area (Å²) in [5, 5.41) is 7.59. The lowest BCUT2D eigenvalue weighted by Crippen LogP contribution is -2.39. The SMILES string of the molecule is CC.O=C(NCCOCC1CC1)c1ccc2nn(CC3CCN(C(=O)c4ccc(-c5ccc(F)cc5)cc4)CC3)cc2c1OCC(F)(F)F.[HH].